The van der Waals surface area contributed by atoms with Crippen molar-refractivity contribution in [1.29, 1.82) is 0 Å². The fraction of sp³-hybridized carbons (Fsp3) is 0.278. The molecule has 0 aliphatic heterocycles. The fourth-order valence-corrected chi connectivity index (χ4v) is 2.34. The first-order valence-corrected chi connectivity index (χ1v) is 7.00. The number of carbonyl (C=O) groups is 1. The van der Waals surface area contributed by atoms with Gasteiger partial charge in [-0.25, -0.2) is 0 Å². The Morgan fingerprint density at radius 3 is 2.62 bits per heavy atom. The molecule has 2 aromatic carbocycles. The van der Waals surface area contributed by atoms with E-state index in [1.54, 1.807) is 7.11 Å². The molecule has 3 nitrogen and oxygen atoms in total. The summed E-state index contributed by atoms with van der Waals surface area (Å²) in [6.07, 6.45) is 0. The van der Waals surface area contributed by atoms with E-state index in [2.05, 4.69) is 0 Å². The number of ketones is 1. The van der Waals surface area contributed by atoms with E-state index in [4.69, 9.17) is 4.74 Å². The molecule has 0 aliphatic carbocycles. The summed E-state index contributed by atoms with van der Waals surface area (Å²) in [6, 6.07) is 15.6. The first-order chi connectivity index (χ1) is 10.1. The number of carbonyl (C=O) groups excluding carboxylic acids is 1. The van der Waals surface area contributed by atoms with Crippen LogP contribution in [0.4, 0.5) is 0 Å². The molecule has 0 radical (unpaired) electrons. The number of rotatable bonds is 6. The lowest BCUT2D eigenvalue weighted by molar-refractivity contribution is 0.0942. The van der Waals surface area contributed by atoms with Gasteiger partial charge in [-0.2, -0.15) is 0 Å². The normalized spacial score (nSPS) is 10.7. The van der Waals surface area contributed by atoms with Crippen LogP contribution in [0.25, 0.3) is 0 Å². The maximum absolute atomic E-state index is 12.3. The lowest BCUT2D eigenvalue weighted by Crippen LogP contribution is -2.25. The van der Waals surface area contributed by atoms with E-state index in [1.165, 1.54) is 0 Å². The van der Waals surface area contributed by atoms with Crippen molar-refractivity contribution in [1.82, 2.24) is 4.90 Å². The highest BCUT2D eigenvalue weighted by Crippen LogP contribution is 2.18. The molecule has 0 unspecified atom stereocenters. The topological polar surface area (TPSA) is 29.5 Å². The van der Waals surface area contributed by atoms with Crippen LogP contribution in [0.2, 0.25) is 0 Å². The van der Waals surface area contributed by atoms with E-state index >= 15 is 0 Å². The third-order valence-electron chi connectivity index (χ3n) is 3.39. The molecule has 0 saturated heterocycles. The zero-order valence-electron chi connectivity index (χ0n) is 12.8. The van der Waals surface area contributed by atoms with Crippen molar-refractivity contribution < 1.29 is 9.53 Å². The molecule has 3 heteroatoms. The summed E-state index contributed by atoms with van der Waals surface area (Å²) in [6.45, 7) is 3.07. The van der Waals surface area contributed by atoms with Gasteiger partial charge in [-0.1, -0.05) is 42.0 Å². The van der Waals surface area contributed by atoms with Crippen LogP contribution in [0.1, 0.15) is 21.5 Å². The molecule has 0 bridgehead atoms. The molecule has 2 rings (SSSR count). The van der Waals surface area contributed by atoms with Gasteiger partial charge < -0.3 is 4.74 Å². The predicted molar refractivity (Wildman–Crippen MR) is 84.8 cm³/mol. The summed E-state index contributed by atoms with van der Waals surface area (Å²) in [5, 5.41) is 0. The number of benzene rings is 2. The maximum atomic E-state index is 12.3. The second kappa shape index (κ2) is 7.04. The molecule has 0 heterocycles. The van der Waals surface area contributed by atoms with Crippen molar-refractivity contribution in [3.63, 3.8) is 0 Å². The Morgan fingerprint density at radius 2 is 1.90 bits per heavy atom. The summed E-state index contributed by atoms with van der Waals surface area (Å²) in [5.41, 5.74) is 2.95. The minimum absolute atomic E-state index is 0.135. The summed E-state index contributed by atoms with van der Waals surface area (Å²) >= 11 is 0. The number of ether oxygens (including phenoxy) is 1. The van der Waals surface area contributed by atoms with Gasteiger partial charge >= 0.3 is 0 Å². The molecule has 0 amide bonds. The highest BCUT2D eigenvalue weighted by Gasteiger charge is 2.11. The number of nitrogens with zero attached hydrogens (tertiary/aromatic N) is 1. The third-order valence-corrected chi connectivity index (χ3v) is 3.39. The number of para-hydroxylation sites is 1. The molecule has 0 aliphatic rings. The standard InChI is InChI=1S/C18H21NO2/c1-14-7-6-9-15(11-14)17(20)13-19(2)12-16-8-4-5-10-18(16)21-3/h4-11H,12-13H2,1-3H3. The molecule has 110 valence electrons. The van der Waals surface area contributed by atoms with Crippen molar-refractivity contribution in [3.05, 3.63) is 65.2 Å². The largest absolute Gasteiger partial charge is 0.496 e. The number of aryl methyl sites for hydroxylation is 1. The smallest absolute Gasteiger partial charge is 0.176 e. The summed E-state index contributed by atoms with van der Waals surface area (Å²) in [7, 11) is 3.61. The van der Waals surface area contributed by atoms with E-state index < -0.39 is 0 Å². The minimum atomic E-state index is 0.135. The number of Topliss-reactive ketones (excluding diaryl/α,β-unsaturated/α-hetero) is 1. The maximum Gasteiger partial charge on any atom is 0.176 e. The van der Waals surface area contributed by atoms with E-state index in [1.807, 2.05) is 67.4 Å². The minimum Gasteiger partial charge on any atom is -0.496 e. The molecular weight excluding hydrogens is 262 g/mol. The fourth-order valence-electron chi connectivity index (χ4n) is 2.34. The highest BCUT2D eigenvalue weighted by atomic mass is 16.5. The first-order valence-electron chi connectivity index (χ1n) is 7.00. The van der Waals surface area contributed by atoms with Gasteiger partial charge in [-0.05, 0) is 26.1 Å². The van der Waals surface area contributed by atoms with Gasteiger partial charge in [0.1, 0.15) is 5.75 Å². The second-order valence-electron chi connectivity index (χ2n) is 5.28. The van der Waals surface area contributed by atoms with Crippen molar-refractivity contribution in [2.24, 2.45) is 0 Å². The monoisotopic (exact) mass is 283 g/mol. The molecule has 0 aromatic heterocycles. The summed E-state index contributed by atoms with van der Waals surface area (Å²) in [5.74, 6) is 0.989. The highest BCUT2D eigenvalue weighted by molar-refractivity contribution is 5.97. The zero-order valence-corrected chi connectivity index (χ0v) is 12.8. The van der Waals surface area contributed by atoms with Gasteiger partial charge in [0.15, 0.2) is 5.78 Å². The van der Waals surface area contributed by atoms with Crippen LogP contribution in [0, 0.1) is 6.92 Å². The van der Waals surface area contributed by atoms with Crippen LogP contribution in [-0.2, 0) is 6.54 Å². The van der Waals surface area contributed by atoms with Crippen LogP contribution < -0.4 is 4.74 Å². The molecular formula is C18H21NO2. The van der Waals surface area contributed by atoms with Crippen molar-refractivity contribution in [2.75, 3.05) is 20.7 Å². The molecule has 0 atom stereocenters. The number of hydrogen-bond donors (Lipinski definition) is 0. The van der Waals surface area contributed by atoms with Gasteiger partial charge in [-0.3, -0.25) is 9.69 Å². The van der Waals surface area contributed by atoms with Gasteiger partial charge in [0.2, 0.25) is 0 Å². The number of likely N-dealkylation sites (N-methyl/N-ethyl adjacent to an activating group) is 1. The summed E-state index contributed by atoms with van der Waals surface area (Å²) < 4.78 is 5.34. The quantitative estimate of drug-likeness (QED) is 0.762. The molecule has 21 heavy (non-hydrogen) atoms. The van der Waals surface area contributed by atoms with E-state index in [9.17, 15) is 4.79 Å². The summed E-state index contributed by atoms with van der Waals surface area (Å²) in [4.78, 5) is 14.3. The van der Waals surface area contributed by atoms with Gasteiger partial charge in [0, 0.05) is 17.7 Å². The zero-order chi connectivity index (χ0) is 15.2. The molecule has 0 saturated carbocycles. The predicted octanol–water partition coefficient (Wildman–Crippen LogP) is 3.32. The Morgan fingerprint density at radius 1 is 1.14 bits per heavy atom. The Bertz CT molecular complexity index is 622. The SMILES string of the molecule is COc1ccccc1CN(C)CC(=O)c1cccc(C)c1. The lowest BCUT2D eigenvalue weighted by atomic mass is 10.1. The van der Waals surface area contributed by atoms with Crippen LogP contribution in [0.3, 0.4) is 0 Å². The molecule has 0 spiro atoms. The average molecular weight is 283 g/mol. The first kappa shape index (κ1) is 15.3. The van der Waals surface area contributed by atoms with Gasteiger partial charge in [0.05, 0.1) is 13.7 Å². The van der Waals surface area contributed by atoms with Crippen LogP contribution in [0.15, 0.2) is 48.5 Å². The van der Waals surface area contributed by atoms with E-state index in [0.717, 1.165) is 22.4 Å². The van der Waals surface area contributed by atoms with E-state index in [0.29, 0.717) is 13.1 Å². The molecule has 2 aromatic rings. The number of methoxy groups -OCH3 is 1. The third kappa shape index (κ3) is 4.17. The van der Waals surface area contributed by atoms with Crippen LogP contribution in [0.5, 0.6) is 5.75 Å². The Kier molecular flexibility index (Phi) is 5.12. The average Bonchev–Trinajstić information content (AvgIpc) is 2.47. The number of hydrogen-bond acceptors (Lipinski definition) is 3. The van der Waals surface area contributed by atoms with E-state index in [-0.39, 0.29) is 5.78 Å². The lowest BCUT2D eigenvalue weighted by Gasteiger charge is -2.17. The molecule has 0 fully saturated rings. The van der Waals surface area contributed by atoms with Crippen molar-refractivity contribution in [3.8, 4) is 5.75 Å². The van der Waals surface area contributed by atoms with Crippen LogP contribution >= 0.6 is 0 Å². The molecule has 0 N–H and O–H groups in total. The second-order valence-corrected chi connectivity index (χ2v) is 5.28. The Labute approximate surface area is 126 Å². The van der Waals surface area contributed by atoms with Gasteiger partial charge in [-0.15, -0.1) is 0 Å². The van der Waals surface area contributed by atoms with Crippen LogP contribution in [-0.4, -0.2) is 31.4 Å². The van der Waals surface area contributed by atoms with Gasteiger partial charge in [0.25, 0.3) is 0 Å². The van der Waals surface area contributed by atoms with Crippen molar-refractivity contribution in [2.45, 2.75) is 13.5 Å². The van der Waals surface area contributed by atoms with Crippen molar-refractivity contribution >= 4 is 5.78 Å². The Balaban J connectivity index is 2.01. The Hall–Kier alpha value is -2.13.